The van der Waals surface area contributed by atoms with E-state index < -0.39 is 23.5 Å². The van der Waals surface area contributed by atoms with Crippen molar-refractivity contribution in [1.82, 2.24) is 15.2 Å². The van der Waals surface area contributed by atoms with Gasteiger partial charge in [0.25, 0.3) is 5.88 Å². The highest BCUT2D eigenvalue weighted by Gasteiger charge is 2.31. The SMILES string of the molecule is CCOC(=O)c1nnc(-c2cccc(C(F)(F)F)c2)nc1Oc1ccc(F)cc1. The van der Waals surface area contributed by atoms with E-state index in [-0.39, 0.29) is 35.3 Å². The number of hydrogen-bond acceptors (Lipinski definition) is 6. The average molecular weight is 407 g/mol. The molecule has 0 aliphatic rings. The molecule has 2 aromatic carbocycles. The van der Waals surface area contributed by atoms with Gasteiger partial charge in [0.05, 0.1) is 12.2 Å². The van der Waals surface area contributed by atoms with E-state index in [0.717, 1.165) is 24.3 Å². The van der Waals surface area contributed by atoms with Gasteiger partial charge >= 0.3 is 12.1 Å². The van der Waals surface area contributed by atoms with Gasteiger partial charge in [0.15, 0.2) is 5.82 Å². The molecule has 150 valence electrons. The standard InChI is InChI=1S/C19H13F4N3O3/c1-2-28-18(27)15-17(29-14-8-6-13(20)7-9-14)24-16(26-25-15)11-4-3-5-12(10-11)19(21,22)23/h3-10H,2H2,1H3. The summed E-state index contributed by atoms with van der Waals surface area (Å²) in [7, 11) is 0. The first-order valence-corrected chi connectivity index (χ1v) is 8.31. The summed E-state index contributed by atoms with van der Waals surface area (Å²) in [6.45, 7) is 1.63. The Morgan fingerprint density at radius 2 is 1.79 bits per heavy atom. The first kappa shape index (κ1) is 20.2. The normalized spacial score (nSPS) is 11.2. The lowest BCUT2D eigenvalue weighted by Gasteiger charge is -2.11. The van der Waals surface area contributed by atoms with Gasteiger partial charge < -0.3 is 9.47 Å². The number of esters is 1. The van der Waals surface area contributed by atoms with Crippen molar-refractivity contribution in [2.24, 2.45) is 0 Å². The van der Waals surface area contributed by atoms with Gasteiger partial charge in [-0.15, -0.1) is 10.2 Å². The fourth-order valence-corrected chi connectivity index (χ4v) is 2.28. The largest absolute Gasteiger partial charge is 0.461 e. The molecule has 0 N–H and O–H groups in total. The molecule has 1 heterocycles. The van der Waals surface area contributed by atoms with E-state index in [1.807, 2.05) is 0 Å². The van der Waals surface area contributed by atoms with Crippen LogP contribution in [0.15, 0.2) is 48.5 Å². The topological polar surface area (TPSA) is 74.2 Å². The number of nitrogens with zero attached hydrogens (tertiary/aromatic N) is 3. The first-order valence-electron chi connectivity index (χ1n) is 8.31. The number of alkyl halides is 3. The monoisotopic (exact) mass is 407 g/mol. The van der Waals surface area contributed by atoms with Crippen LogP contribution in [0.25, 0.3) is 11.4 Å². The zero-order valence-corrected chi connectivity index (χ0v) is 14.9. The Morgan fingerprint density at radius 3 is 2.45 bits per heavy atom. The highest BCUT2D eigenvalue weighted by Crippen LogP contribution is 2.32. The van der Waals surface area contributed by atoms with Crippen molar-refractivity contribution >= 4 is 5.97 Å². The number of aromatic nitrogens is 3. The first-order chi connectivity index (χ1) is 13.8. The van der Waals surface area contributed by atoms with E-state index in [4.69, 9.17) is 9.47 Å². The highest BCUT2D eigenvalue weighted by molar-refractivity contribution is 5.89. The Bertz CT molecular complexity index is 1020. The molecule has 0 aliphatic heterocycles. The molecule has 0 aliphatic carbocycles. The van der Waals surface area contributed by atoms with Gasteiger partial charge in [-0.3, -0.25) is 0 Å². The lowest BCUT2D eigenvalue weighted by Crippen LogP contribution is -2.12. The molecule has 6 nitrogen and oxygen atoms in total. The van der Waals surface area contributed by atoms with Crippen molar-refractivity contribution in [2.75, 3.05) is 6.61 Å². The van der Waals surface area contributed by atoms with Gasteiger partial charge in [-0.2, -0.15) is 18.2 Å². The number of rotatable bonds is 5. The predicted octanol–water partition coefficient (Wildman–Crippen LogP) is 4.67. The minimum absolute atomic E-state index is 0.0201. The molecule has 0 radical (unpaired) electrons. The van der Waals surface area contributed by atoms with Crippen LogP contribution in [0.1, 0.15) is 23.0 Å². The molecule has 0 unspecified atom stereocenters. The zero-order chi connectivity index (χ0) is 21.0. The van der Waals surface area contributed by atoms with Crippen LogP contribution in [0.4, 0.5) is 17.6 Å². The van der Waals surface area contributed by atoms with Crippen LogP contribution >= 0.6 is 0 Å². The summed E-state index contributed by atoms with van der Waals surface area (Å²) in [4.78, 5) is 16.1. The second-order valence-electron chi connectivity index (χ2n) is 5.64. The molecule has 29 heavy (non-hydrogen) atoms. The maximum absolute atomic E-state index is 13.1. The second-order valence-corrected chi connectivity index (χ2v) is 5.64. The van der Waals surface area contributed by atoms with E-state index >= 15 is 0 Å². The number of benzene rings is 2. The third-order valence-electron chi connectivity index (χ3n) is 3.60. The van der Waals surface area contributed by atoms with Gasteiger partial charge in [0, 0.05) is 5.56 Å². The number of halogens is 4. The molecule has 0 amide bonds. The van der Waals surface area contributed by atoms with Crippen molar-refractivity contribution < 1.29 is 31.8 Å². The van der Waals surface area contributed by atoms with Gasteiger partial charge in [-0.25, -0.2) is 9.18 Å². The van der Waals surface area contributed by atoms with Crippen LogP contribution < -0.4 is 4.74 Å². The summed E-state index contributed by atoms with van der Waals surface area (Å²) in [6.07, 6.45) is -4.55. The molecule has 0 atom stereocenters. The molecule has 3 rings (SSSR count). The third kappa shape index (κ3) is 4.84. The molecular weight excluding hydrogens is 394 g/mol. The van der Waals surface area contributed by atoms with E-state index in [0.29, 0.717) is 0 Å². The molecule has 10 heteroatoms. The fraction of sp³-hybridized carbons (Fsp3) is 0.158. The Balaban J connectivity index is 2.04. The third-order valence-corrected chi connectivity index (χ3v) is 3.60. The molecule has 0 bridgehead atoms. The zero-order valence-electron chi connectivity index (χ0n) is 14.9. The van der Waals surface area contributed by atoms with E-state index in [9.17, 15) is 22.4 Å². The lowest BCUT2D eigenvalue weighted by atomic mass is 10.1. The molecule has 0 spiro atoms. The Labute approximate surface area is 162 Å². The maximum atomic E-state index is 13.1. The Morgan fingerprint density at radius 1 is 1.07 bits per heavy atom. The Kier molecular flexibility index (Phi) is 5.71. The van der Waals surface area contributed by atoms with Gasteiger partial charge in [-0.05, 0) is 43.3 Å². The van der Waals surface area contributed by atoms with E-state index in [1.54, 1.807) is 6.92 Å². The van der Waals surface area contributed by atoms with Crippen LogP contribution in [0.3, 0.4) is 0 Å². The molecule has 3 aromatic rings. The molecule has 0 fully saturated rings. The highest BCUT2D eigenvalue weighted by atomic mass is 19.4. The predicted molar refractivity (Wildman–Crippen MR) is 92.7 cm³/mol. The van der Waals surface area contributed by atoms with Crippen LogP contribution in [-0.4, -0.2) is 27.8 Å². The summed E-state index contributed by atoms with van der Waals surface area (Å²) >= 11 is 0. The quantitative estimate of drug-likeness (QED) is 0.452. The summed E-state index contributed by atoms with van der Waals surface area (Å²) in [6, 6.07) is 9.14. The minimum atomic E-state index is -4.55. The summed E-state index contributed by atoms with van der Waals surface area (Å²) in [5.74, 6) is -1.78. The summed E-state index contributed by atoms with van der Waals surface area (Å²) in [5, 5.41) is 7.43. The molecular formula is C19H13F4N3O3. The van der Waals surface area contributed by atoms with Gasteiger partial charge in [0.1, 0.15) is 11.6 Å². The minimum Gasteiger partial charge on any atom is -0.461 e. The summed E-state index contributed by atoms with van der Waals surface area (Å²) < 4.78 is 62.3. The van der Waals surface area contributed by atoms with E-state index in [1.165, 1.54) is 24.3 Å². The smallest absolute Gasteiger partial charge is 0.416 e. The fourth-order valence-electron chi connectivity index (χ4n) is 2.28. The van der Waals surface area contributed by atoms with Crippen molar-refractivity contribution in [1.29, 1.82) is 0 Å². The number of ether oxygens (including phenoxy) is 2. The van der Waals surface area contributed by atoms with Crippen molar-refractivity contribution in [3.8, 4) is 23.0 Å². The van der Waals surface area contributed by atoms with Gasteiger partial charge in [-0.1, -0.05) is 12.1 Å². The number of hydrogen-bond donors (Lipinski definition) is 0. The average Bonchev–Trinajstić information content (AvgIpc) is 2.69. The maximum Gasteiger partial charge on any atom is 0.416 e. The van der Waals surface area contributed by atoms with Crippen molar-refractivity contribution in [3.63, 3.8) is 0 Å². The van der Waals surface area contributed by atoms with Crippen LogP contribution in [0, 0.1) is 5.82 Å². The van der Waals surface area contributed by atoms with Crippen LogP contribution in [0.5, 0.6) is 11.6 Å². The molecule has 0 saturated heterocycles. The lowest BCUT2D eigenvalue weighted by molar-refractivity contribution is -0.137. The summed E-state index contributed by atoms with van der Waals surface area (Å²) in [5.41, 5.74) is -1.24. The van der Waals surface area contributed by atoms with Crippen molar-refractivity contribution in [3.05, 3.63) is 65.6 Å². The molecule has 0 saturated carbocycles. The second kappa shape index (κ2) is 8.21. The van der Waals surface area contributed by atoms with Crippen LogP contribution in [0.2, 0.25) is 0 Å². The number of carbonyl (C=O) groups excluding carboxylic acids is 1. The van der Waals surface area contributed by atoms with Crippen molar-refractivity contribution in [2.45, 2.75) is 13.1 Å². The van der Waals surface area contributed by atoms with Crippen LogP contribution in [-0.2, 0) is 10.9 Å². The van der Waals surface area contributed by atoms with Gasteiger partial charge in [0.2, 0.25) is 5.69 Å². The van der Waals surface area contributed by atoms with E-state index in [2.05, 4.69) is 15.2 Å². The Hall–Kier alpha value is -3.56. The molecule has 1 aromatic heterocycles. The number of carbonyl (C=O) groups is 1.